The number of ether oxygens (including phenoxy) is 3. The van der Waals surface area contributed by atoms with Crippen LogP contribution >= 0.6 is 0 Å². The number of likely N-dealkylation sites (N-methyl/N-ethyl adjacent to an activating group) is 1. The fourth-order valence-corrected chi connectivity index (χ4v) is 2.42. The maximum Gasteiger partial charge on any atom is 0.338 e. The van der Waals surface area contributed by atoms with Gasteiger partial charge in [-0.2, -0.15) is 0 Å². The van der Waals surface area contributed by atoms with Gasteiger partial charge in [0.1, 0.15) is 12.4 Å². The summed E-state index contributed by atoms with van der Waals surface area (Å²) in [6.07, 6.45) is 3.80. The molecule has 0 bridgehead atoms. The van der Waals surface area contributed by atoms with Crippen molar-refractivity contribution in [3.8, 4) is 5.88 Å². The summed E-state index contributed by atoms with van der Waals surface area (Å²) in [7, 11) is 4.79. The van der Waals surface area contributed by atoms with E-state index in [9.17, 15) is 4.79 Å². The molecule has 7 nitrogen and oxygen atoms in total. The minimum atomic E-state index is -1.04. The Balaban J connectivity index is 1.86. The number of aromatic nitrogens is 2. The van der Waals surface area contributed by atoms with Crippen molar-refractivity contribution in [3.05, 3.63) is 48.3 Å². The van der Waals surface area contributed by atoms with Crippen LogP contribution in [0.25, 0.3) is 0 Å². The maximum atomic E-state index is 11.9. The molecule has 0 aliphatic carbocycles. The zero-order chi connectivity index (χ0) is 19.0. The smallest absolute Gasteiger partial charge is 0.338 e. The highest BCUT2D eigenvalue weighted by Crippen LogP contribution is 2.19. The van der Waals surface area contributed by atoms with Crippen molar-refractivity contribution in [3.63, 3.8) is 0 Å². The Morgan fingerprint density at radius 3 is 2.58 bits per heavy atom. The second-order valence-corrected chi connectivity index (χ2v) is 6.07. The van der Waals surface area contributed by atoms with Gasteiger partial charge in [0.25, 0.3) is 0 Å². The summed E-state index contributed by atoms with van der Waals surface area (Å²) in [5, 5.41) is 0. The highest BCUT2D eigenvalue weighted by molar-refractivity contribution is 5.79. The van der Waals surface area contributed by atoms with E-state index >= 15 is 0 Å². The molecule has 0 fully saturated rings. The van der Waals surface area contributed by atoms with Crippen LogP contribution in [0.15, 0.2) is 42.7 Å². The third kappa shape index (κ3) is 5.16. The molecule has 26 heavy (non-hydrogen) atoms. The van der Waals surface area contributed by atoms with Gasteiger partial charge in [-0.3, -0.25) is 0 Å². The number of hydrogen-bond donors (Lipinski definition) is 0. The zero-order valence-corrected chi connectivity index (χ0v) is 15.6. The van der Waals surface area contributed by atoms with Crippen LogP contribution in [0.3, 0.4) is 0 Å². The molecule has 1 atom stereocenters. The fraction of sp³-hybridized carbons (Fsp3) is 0.421. The third-order valence-corrected chi connectivity index (χ3v) is 4.12. The number of nitrogens with zero attached hydrogens (tertiary/aromatic N) is 3. The van der Waals surface area contributed by atoms with E-state index < -0.39 is 11.6 Å². The first-order valence-electron chi connectivity index (χ1n) is 8.32. The molecule has 0 amide bonds. The predicted octanol–water partition coefficient (Wildman–Crippen LogP) is 2.11. The number of hydrogen-bond acceptors (Lipinski definition) is 7. The minimum absolute atomic E-state index is 0.367. The van der Waals surface area contributed by atoms with Gasteiger partial charge in [-0.1, -0.05) is 12.1 Å². The van der Waals surface area contributed by atoms with E-state index in [1.54, 1.807) is 25.4 Å². The van der Waals surface area contributed by atoms with E-state index in [0.717, 1.165) is 11.4 Å². The van der Waals surface area contributed by atoms with Crippen molar-refractivity contribution < 1.29 is 19.0 Å². The van der Waals surface area contributed by atoms with Crippen LogP contribution in [0.1, 0.15) is 12.5 Å². The summed E-state index contributed by atoms with van der Waals surface area (Å²) in [6, 6.07) is 9.42. The topological polar surface area (TPSA) is 73.8 Å². The quantitative estimate of drug-likeness (QED) is 0.635. The molecular formula is C19H25N3O4. The minimum Gasteiger partial charge on any atom is -0.476 e. The average molecular weight is 359 g/mol. The Bertz CT molecular complexity index is 694. The molecule has 7 heteroatoms. The van der Waals surface area contributed by atoms with Gasteiger partial charge in [0.2, 0.25) is 5.88 Å². The van der Waals surface area contributed by atoms with Crippen molar-refractivity contribution in [2.24, 2.45) is 0 Å². The number of esters is 1. The van der Waals surface area contributed by atoms with E-state index in [4.69, 9.17) is 14.2 Å². The van der Waals surface area contributed by atoms with Crippen LogP contribution in [0.5, 0.6) is 5.88 Å². The summed E-state index contributed by atoms with van der Waals surface area (Å²) < 4.78 is 15.8. The lowest BCUT2D eigenvalue weighted by atomic mass is 9.97. The van der Waals surface area contributed by atoms with Crippen LogP contribution in [-0.2, 0) is 20.7 Å². The highest BCUT2D eigenvalue weighted by Gasteiger charge is 2.34. The van der Waals surface area contributed by atoms with Gasteiger partial charge in [0.05, 0.1) is 13.7 Å². The molecule has 0 saturated heterocycles. The van der Waals surface area contributed by atoms with E-state index in [0.29, 0.717) is 25.5 Å². The monoisotopic (exact) mass is 359 g/mol. The zero-order valence-electron chi connectivity index (χ0n) is 15.6. The lowest BCUT2D eigenvalue weighted by Crippen LogP contribution is -2.40. The normalized spacial score (nSPS) is 12.9. The van der Waals surface area contributed by atoms with Crippen molar-refractivity contribution >= 4 is 11.8 Å². The van der Waals surface area contributed by atoms with Crippen LogP contribution in [0, 0.1) is 0 Å². The van der Waals surface area contributed by atoms with Gasteiger partial charge in [0, 0.05) is 39.0 Å². The molecule has 0 aromatic carbocycles. The molecule has 2 aromatic heterocycles. The second kappa shape index (κ2) is 9.15. The largest absolute Gasteiger partial charge is 0.476 e. The van der Waals surface area contributed by atoms with Crippen LogP contribution < -0.4 is 9.64 Å². The Kier molecular flexibility index (Phi) is 6.91. The predicted molar refractivity (Wildman–Crippen MR) is 98.4 cm³/mol. The number of carbonyl (C=O) groups is 1. The molecule has 0 radical (unpaired) electrons. The molecule has 2 aromatic rings. The van der Waals surface area contributed by atoms with Crippen molar-refractivity contribution in [2.75, 3.05) is 39.3 Å². The van der Waals surface area contributed by atoms with E-state index in [1.807, 2.05) is 36.2 Å². The van der Waals surface area contributed by atoms with Gasteiger partial charge in [0.15, 0.2) is 5.60 Å². The molecule has 2 rings (SSSR count). The van der Waals surface area contributed by atoms with Gasteiger partial charge in [-0.25, -0.2) is 14.8 Å². The number of rotatable bonds is 9. The number of anilines is 1. The first kappa shape index (κ1) is 19.7. The van der Waals surface area contributed by atoms with Gasteiger partial charge < -0.3 is 19.1 Å². The standard InChI is InChI=1S/C19H25N3O4/c1-19(25-4,18(23)24-3)13-15-8-9-17(21-14-15)26-12-11-22(2)16-7-5-6-10-20-16/h5-10,14H,11-13H2,1-4H3. The summed E-state index contributed by atoms with van der Waals surface area (Å²) in [4.78, 5) is 22.4. The SMILES string of the molecule is COC(=O)C(C)(Cc1ccc(OCCN(C)c2ccccn2)nc1)OC. The summed E-state index contributed by atoms with van der Waals surface area (Å²) in [6.45, 7) is 2.86. The molecule has 140 valence electrons. The van der Waals surface area contributed by atoms with Crippen LogP contribution in [0.4, 0.5) is 5.82 Å². The first-order valence-corrected chi connectivity index (χ1v) is 8.32. The summed E-state index contributed by atoms with van der Waals surface area (Å²) in [5.41, 5.74) is -0.179. The molecule has 1 unspecified atom stereocenters. The molecule has 0 aliphatic heterocycles. The second-order valence-electron chi connectivity index (χ2n) is 6.07. The molecule has 0 N–H and O–H groups in total. The van der Waals surface area contributed by atoms with Crippen molar-refractivity contribution in [1.29, 1.82) is 0 Å². The number of methoxy groups -OCH3 is 2. The molecule has 0 aliphatic rings. The van der Waals surface area contributed by atoms with Crippen molar-refractivity contribution in [1.82, 2.24) is 9.97 Å². The Morgan fingerprint density at radius 2 is 2.00 bits per heavy atom. The van der Waals surface area contributed by atoms with Gasteiger partial charge in [-0.05, 0) is 24.6 Å². The molecule has 0 saturated carbocycles. The lowest BCUT2D eigenvalue weighted by molar-refractivity contribution is -0.163. The van der Waals surface area contributed by atoms with E-state index in [2.05, 4.69) is 9.97 Å². The Morgan fingerprint density at radius 1 is 1.19 bits per heavy atom. The number of pyridine rings is 2. The molecule has 0 spiro atoms. The summed E-state index contributed by atoms with van der Waals surface area (Å²) in [5.74, 6) is 0.999. The first-order chi connectivity index (χ1) is 12.5. The maximum absolute atomic E-state index is 11.9. The molecule has 2 heterocycles. The Hall–Kier alpha value is -2.67. The number of carbonyl (C=O) groups excluding carboxylic acids is 1. The van der Waals surface area contributed by atoms with E-state index in [-0.39, 0.29) is 0 Å². The van der Waals surface area contributed by atoms with Gasteiger partial charge >= 0.3 is 5.97 Å². The Labute approximate surface area is 153 Å². The third-order valence-electron chi connectivity index (χ3n) is 4.12. The molecular weight excluding hydrogens is 334 g/mol. The summed E-state index contributed by atoms with van der Waals surface area (Å²) >= 11 is 0. The average Bonchev–Trinajstić information content (AvgIpc) is 2.69. The fourth-order valence-electron chi connectivity index (χ4n) is 2.42. The highest BCUT2D eigenvalue weighted by atomic mass is 16.6. The van der Waals surface area contributed by atoms with Crippen LogP contribution in [-0.4, -0.2) is 56.0 Å². The lowest BCUT2D eigenvalue weighted by Gasteiger charge is -2.24. The van der Waals surface area contributed by atoms with Gasteiger partial charge in [-0.15, -0.1) is 0 Å². The van der Waals surface area contributed by atoms with Crippen LogP contribution in [0.2, 0.25) is 0 Å². The van der Waals surface area contributed by atoms with E-state index in [1.165, 1.54) is 14.2 Å². The van der Waals surface area contributed by atoms with Crippen molar-refractivity contribution in [2.45, 2.75) is 18.9 Å².